The molecule has 0 radical (unpaired) electrons. The molecule has 0 aliphatic heterocycles. The highest BCUT2D eigenvalue weighted by molar-refractivity contribution is 5.89. The van der Waals surface area contributed by atoms with Crippen LogP contribution < -0.4 is 5.32 Å². The van der Waals surface area contributed by atoms with Gasteiger partial charge in [-0.05, 0) is 43.0 Å². The van der Waals surface area contributed by atoms with Crippen LogP contribution in [-0.4, -0.2) is 33.6 Å². The fourth-order valence-electron chi connectivity index (χ4n) is 3.32. The molecule has 2 amide bonds. The second kappa shape index (κ2) is 11.0. The molecule has 1 aromatic heterocycles. The monoisotopic (exact) mass is 402 g/mol. The van der Waals surface area contributed by atoms with E-state index in [0.717, 1.165) is 36.2 Å². The zero-order valence-electron chi connectivity index (χ0n) is 17.8. The van der Waals surface area contributed by atoms with E-state index in [4.69, 9.17) is 0 Å². The second-order valence-electron chi connectivity index (χ2n) is 7.46. The van der Waals surface area contributed by atoms with E-state index in [1.165, 1.54) is 5.56 Å². The summed E-state index contributed by atoms with van der Waals surface area (Å²) in [4.78, 5) is 19.0. The van der Waals surface area contributed by atoms with E-state index in [9.17, 15) is 4.79 Å². The second-order valence-corrected chi connectivity index (χ2v) is 7.46. The topological polar surface area (TPSA) is 50.2 Å². The highest BCUT2D eigenvalue weighted by Crippen LogP contribution is 2.13. The number of urea groups is 1. The lowest BCUT2D eigenvalue weighted by Crippen LogP contribution is -2.37. The molecule has 30 heavy (non-hydrogen) atoms. The molecule has 1 heterocycles. The quantitative estimate of drug-likeness (QED) is 0.516. The summed E-state index contributed by atoms with van der Waals surface area (Å²) >= 11 is 0. The number of anilines is 1. The fourth-order valence-corrected chi connectivity index (χ4v) is 3.32. The summed E-state index contributed by atoms with van der Waals surface area (Å²) < 4.78 is 2.03. The number of rotatable bonds is 9. The van der Waals surface area contributed by atoms with Gasteiger partial charge in [0.15, 0.2) is 0 Å². The van der Waals surface area contributed by atoms with Gasteiger partial charge in [0.1, 0.15) is 0 Å². The molecule has 0 unspecified atom stereocenters. The van der Waals surface area contributed by atoms with Crippen molar-refractivity contribution >= 4 is 17.8 Å². The van der Waals surface area contributed by atoms with Gasteiger partial charge in [-0.1, -0.05) is 61.0 Å². The van der Waals surface area contributed by atoms with Crippen LogP contribution in [0.15, 0.2) is 78.9 Å². The summed E-state index contributed by atoms with van der Waals surface area (Å²) in [6, 6.07) is 18.2. The van der Waals surface area contributed by atoms with Crippen LogP contribution >= 0.6 is 0 Å². The Kier molecular flexibility index (Phi) is 7.84. The van der Waals surface area contributed by atoms with Gasteiger partial charge >= 0.3 is 6.03 Å². The largest absolute Gasteiger partial charge is 0.337 e. The molecule has 0 bridgehead atoms. The minimum atomic E-state index is -0.0781. The number of hydrogen-bond acceptors (Lipinski definition) is 2. The van der Waals surface area contributed by atoms with Gasteiger partial charge in [0.25, 0.3) is 0 Å². The van der Waals surface area contributed by atoms with Crippen LogP contribution in [0.4, 0.5) is 10.5 Å². The van der Waals surface area contributed by atoms with Crippen molar-refractivity contribution in [2.24, 2.45) is 0 Å². The van der Waals surface area contributed by atoms with Crippen LogP contribution in [0, 0.1) is 0 Å². The minimum absolute atomic E-state index is 0.0781. The first-order valence-electron chi connectivity index (χ1n) is 10.5. The Hall–Kier alpha value is -3.34. The van der Waals surface area contributed by atoms with Gasteiger partial charge in [-0.2, -0.15) is 0 Å². The van der Waals surface area contributed by atoms with Gasteiger partial charge in [0.05, 0.1) is 6.33 Å². The average Bonchev–Trinajstić information content (AvgIpc) is 3.28. The van der Waals surface area contributed by atoms with E-state index in [2.05, 4.69) is 54.5 Å². The van der Waals surface area contributed by atoms with Crippen molar-refractivity contribution in [1.29, 1.82) is 0 Å². The van der Waals surface area contributed by atoms with E-state index in [1.54, 1.807) is 12.5 Å². The molecule has 0 saturated carbocycles. The van der Waals surface area contributed by atoms with Crippen LogP contribution in [0.2, 0.25) is 0 Å². The molecule has 2 aromatic carbocycles. The minimum Gasteiger partial charge on any atom is -0.337 e. The molecule has 0 spiro atoms. The van der Waals surface area contributed by atoms with Gasteiger partial charge in [0, 0.05) is 37.7 Å². The first kappa shape index (κ1) is 21.4. The molecule has 156 valence electrons. The molecule has 5 nitrogen and oxygen atoms in total. The summed E-state index contributed by atoms with van der Waals surface area (Å²) in [5, 5.41) is 3.05. The molecule has 0 saturated heterocycles. The Balaban J connectivity index is 1.66. The van der Waals surface area contributed by atoms with Gasteiger partial charge in [-0.15, -0.1) is 0 Å². The van der Waals surface area contributed by atoms with Crippen molar-refractivity contribution in [3.05, 3.63) is 90.0 Å². The Bertz CT molecular complexity index is 931. The van der Waals surface area contributed by atoms with Crippen molar-refractivity contribution in [1.82, 2.24) is 14.5 Å². The van der Waals surface area contributed by atoms with E-state index in [0.29, 0.717) is 13.1 Å². The number of amides is 2. The first-order chi connectivity index (χ1) is 14.6. The lowest BCUT2D eigenvalue weighted by atomic mass is 10.1. The number of nitrogens with zero attached hydrogens (tertiary/aromatic N) is 3. The predicted octanol–water partition coefficient (Wildman–Crippen LogP) is 5.47. The zero-order chi connectivity index (χ0) is 21.2. The molecule has 0 aliphatic carbocycles. The molecule has 0 atom stereocenters. The Morgan fingerprint density at radius 2 is 1.90 bits per heavy atom. The van der Waals surface area contributed by atoms with E-state index in [-0.39, 0.29) is 6.03 Å². The summed E-state index contributed by atoms with van der Waals surface area (Å²) in [6.07, 6.45) is 9.50. The molecular weight excluding hydrogens is 372 g/mol. The molecule has 1 N–H and O–H groups in total. The molecule has 3 rings (SSSR count). The van der Waals surface area contributed by atoms with Gasteiger partial charge < -0.3 is 14.8 Å². The summed E-state index contributed by atoms with van der Waals surface area (Å²) in [6.45, 7) is 6.27. The normalized spacial score (nSPS) is 11.3. The van der Waals surface area contributed by atoms with Gasteiger partial charge in [-0.3, -0.25) is 0 Å². The predicted molar refractivity (Wildman–Crippen MR) is 123 cm³/mol. The smallest absolute Gasteiger partial charge is 0.322 e. The Morgan fingerprint density at radius 3 is 2.57 bits per heavy atom. The maximum Gasteiger partial charge on any atom is 0.322 e. The van der Waals surface area contributed by atoms with E-state index >= 15 is 0 Å². The standard InChI is InChI=1S/C25H30N4O/c1-3-22-10-12-24(13-11-22)27-25(30)29(16-7-15-28-17-14-26-20-28)19-21(2)18-23-8-5-4-6-9-23/h4-6,8-14,17-18,20H,3,7,15-16,19H2,1-2H3,(H,27,30)/b21-18+. The summed E-state index contributed by atoms with van der Waals surface area (Å²) in [7, 11) is 0. The van der Waals surface area contributed by atoms with Crippen molar-refractivity contribution in [2.75, 3.05) is 18.4 Å². The van der Waals surface area contributed by atoms with Crippen LogP contribution in [-0.2, 0) is 13.0 Å². The van der Waals surface area contributed by atoms with Crippen molar-refractivity contribution in [2.45, 2.75) is 33.2 Å². The van der Waals surface area contributed by atoms with E-state index < -0.39 is 0 Å². The lowest BCUT2D eigenvalue weighted by molar-refractivity contribution is 0.214. The van der Waals surface area contributed by atoms with Crippen molar-refractivity contribution < 1.29 is 4.79 Å². The van der Waals surface area contributed by atoms with Crippen LogP contribution in [0.25, 0.3) is 6.08 Å². The molecule has 0 aliphatic rings. The maximum atomic E-state index is 13.0. The Labute approximate surface area is 179 Å². The lowest BCUT2D eigenvalue weighted by Gasteiger charge is -2.24. The number of hydrogen-bond donors (Lipinski definition) is 1. The number of benzene rings is 2. The average molecular weight is 403 g/mol. The van der Waals surface area contributed by atoms with Crippen LogP contribution in [0.5, 0.6) is 0 Å². The van der Waals surface area contributed by atoms with Gasteiger partial charge in [-0.25, -0.2) is 9.78 Å². The van der Waals surface area contributed by atoms with Crippen LogP contribution in [0.1, 0.15) is 31.4 Å². The third-order valence-corrected chi connectivity index (χ3v) is 4.96. The molecule has 5 heteroatoms. The zero-order valence-corrected chi connectivity index (χ0v) is 17.8. The number of carbonyl (C=O) groups excluding carboxylic acids is 1. The summed E-state index contributed by atoms with van der Waals surface area (Å²) in [5.41, 5.74) is 4.36. The highest BCUT2D eigenvalue weighted by atomic mass is 16.2. The molecule has 0 fully saturated rings. The highest BCUT2D eigenvalue weighted by Gasteiger charge is 2.14. The summed E-state index contributed by atoms with van der Waals surface area (Å²) in [5.74, 6) is 0. The number of carbonyl (C=O) groups is 1. The molecule has 3 aromatic rings. The maximum absolute atomic E-state index is 13.0. The number of nitrogens with one attached hydrogen (secondary N) is 1. The number of aryl methyl sites for hydroxylation is 2. The first-order valence-corrected chi connectivity index (χ1v) is 10.5. The molecular formula is C25H30N4O. The van der Waals surface area contributed by atoms with Crippen molar-refractivity contribution in [3.63, 3.8) is 0 Å². The number of aromatic nitrogens is 2. The third kappa shape index (κ3) is 6.62. The fraction of sp³-hybridized carbons (Fsp3) is 0.280. The number of imidazole rings is 1. The SMILES string of the molecule is CCc1ccc(NC(=O)N(CCCn2ccnc2)C/C(C)=C/c2ccccc2)cc1. The van der Waals surface area contributed by atoms with Crippen LogP contribution in [0.3, 0.4) is 0 Å². The van der Waals surface area contributed by atoms with E-state index in [1.807, 2.05) is 46.0 Å². The third-order valence-electron chi connectivity index (χ3n) is 4.96. The van der Waals surface area contributed by atoms with Crippen molar-refractivity contribution in [3.8, 4) is 0 Å². The Morgan fingerprint density at radius 1 is 1.13 bits per heavy atom. The van der Waals surface area contributed by atoms with Gasteiger partial charge in [0.2, 0.25) is 0 Å².